The highest BCUT2D eigenvalue weighted by atomic mass is 16.4. The number of hydrogen-bond acceptors (Lipinski definition) is 13. The molecule has 2 aliphatic carbocycles. The normalized spacial score (nSPS) is 27.7. The number of nitrogens with one attached hydrogen (secondary N) is 11. The molecule has 78 heavy (non-hydrogen) atoms. The molecule has 2 aromatic rings. The predicted molar refractivity (Wildman–Crippen MR) is 281 cm³/mol. The summed E-state index contributed by atoms with van der Waals surface area (Å²) in [6, 6.07) is -0.744. The van der Waals surface area contributed by atoms with Crippen LogP contribution in [-0.2, 0) is 65.6 Å². The Morgan fingerprint density at radius 2 is 1.29 bits per heavy atom. The Morgan fingerprint density at radius 1 is 0.679 bits per heavy atom. The topological polar surface area (TPSA) is 360 Å². The van der Waals surface area contributed by atoms with E-state index in [0.717, 1.165) is 5.56 Å². The fourth-order valence-corrected chi connectivity index (χ4v) is 9.74. The molecule has 426 valence electrons. The number of aliphatic carboxylic acids is 1. The first-order chi connectivity index (χ1) is 37.4. The molecule has 2 aliphatic heterocycles. The summed E-state index contributed by atoms with van der Waals surface area (Å²) < 4.78 is 0. The van der Waals surface area contributed by atoms with Crippen LogP contribution in [0.15, 0.2) is 42.9 Å². The maximum Gasteiger partial charge on any atom is 0.303 e. The van der Waals surface area contributed by atoms with Crippen LogP contribution >= 0.6 is 0 Å². The van der Waals surface area contributed by atoms with Gasteiger partial charge >= 0.3 is 5.97 Å². The van der Waals surface area contributed by atoms with E-state index in [9.17, 15) is 57.8 Å². The number of carboxylic acid groups (broad SMARTS) is 1. The molecule has 12 N–H and O–H groups in total. The molecule has 4 aliphatic rings. The lowest BCUT2D eigenvalue weighted by Gasteiger charge is -2.30. The van der Waals surface area contributed by atoms with Gasteiger partial charge in [-0.1, -0.05) is 51.1 Å². The minimum atomic E-state index is -1.49. The lowest BCUT2D eigenvalue weighted by Crippen LogP contribution is -2.60. The third kappa shape index (κ3) is 17.5. The van der Waals surface area contributed by atoms with E-state index in [-0.39, 0.29) is 50.0 Å². The fourth-order valence-electron chi connectivity index (χ4n) is 9.74. The number of aryl methyl sites for hydroxylation is 1. The zero-order valence-corrected chi connectivity index (χ0v) is 44.8. The van der Waals surface area contributed by atoms with Gasteiger partial charge in [0.2, 0.25) is 59.1 Å². The Kier molecular flexibility index (Phi) is 22.1. The van der Waals surface area contributed by atoms with E-state index < -0.39 is 139 Å². The molecule has 2 saturated carbocycles. The second-order valence-corrected chi connectivity index (χ2v) is 21.0. The molecular weight excluding hydrogens is 1010 g/mol. The van der Waals surface area contributed by atoms with Gasteiger partial charge < -0.3 is 68.2 Å². The minimum Gasteiger partial charge on any atom is -0.481 e. The van der Waals surface area contributed by atoms with Crippen LogP contribution in [0.25, 0.3) is 0 Å². The van der Waals surface area contributed by atoms with Gasteiger partial charge in [0.1, 0.15) is 48.3 Å². The zero-order valence-electron chi connectivity index (χ0n) is 44.8. The molecule has 25 nitrogen and oxygen atoms in total. The Labute approximate surface area is 453 Å². The summed E-state index contributed by atoms with van der Waals surface area (Å²) >= 11 is 0. The summed E-state index contributed by atoms with van der Waals surface area (Å²) in [4.78, 5) is 160. The first kappa shape index (κ1) is 59.8. The van der Waals surface area contributed by atoms with E-state index >= 15 is 0 Å². The van der Waals surface area contributed by atoms with Crippen molar-refractivity contribution >= 4 is 65.0 Å². The second kappa shape index (κ2) is 28.8. The molecule has 4 fully saturated rings. The first-order valence-electron chi connectivity index (χ1n) is 27.2. The molecule has 10 amide bonds. The van der Waals surface area contributed by atoms with Crippen molar-refractivity contribution in [3.63, 3.8) is 0 Å². The maximum absolute atomic E-state index is 14.2. The molecule has 0 unspecified atom stereocenters. The predicted octanol–water partition coefficient (Wildman–Crippen LogP) is -1.67. The van der Waals surface area contributed by atoms with Gasteiger partial charge in [-0.3, -0.25) is 52.7 Å². The van der Waals surface area contributed by atoms with Crippen LogP contribution in [0, 0.1) is 17.8 Å². The number of carbonyl (C=O) groups excluding carboxylic acids is 10. The van der Waals surface area contributed by atoms with Gasteiger partial charge in [0, 0.05) is 37.8 Å². The van der Waals surface area contributed by atoms with E-state index in [2.05, 4.69) is 63.1 Å². The Hall–Kier alpha value is -7.44. The average molecular weight is 1090 g/mol. The van der Waals surface area contributed by atoms with Gasteiger partial charge in [-0.15, -0.1) is 0 Å². The van der Waals surface area contributed by atoms with Gasteiger partial charge in [0.25, 0.3) is 0 Å². The maximum atomic E-state index is 14.2. The number of amides is 10. The van der Waals surface area contributed by atoms with Crippen LogP contribution in [0.4, 0.5) is 0 Å². The van der Waals surface area contributed by atoms with Gasteiger partial charge in [-0.05, 0) is 107 Å². The number of imidazole rings is 1. The molecule has 0 spiro atoms. The summed E-state index contributed by atoms with van der Waals surface area (Å²) in [5, 5.41) is 36.9. The number of nitrogens with zero attached hydrogens (tertiary/aromatic N) is 2. The summed E-state index contributed by atoms with van der Waals surface area (Å²) in [6.07, 6.45) is 6.37. The lowest BCUT2D eigenvalue weighted by atomic mass is 10.0. The molecule has 0 bridgehead atoms. The van der Waals surface area contributed by atoms with E-state index in [0.29, 0.717) is 63.6 Å². The smallest absolute Gasteiger partial charge is 0.303 e. The molecule has 25 heteroatoms. The highest BCUT2D eigenvalue weighted by Crippen LogP contribution is 2.34. The van der Waals surface area contributed by atoms with Gasteiger partial charge in [-0.25, -0.2) is 4.98 Å². The van der Waals surface area contributed by atoms with Crippen molar-refractivity contribution in [2.45, 2.75) is 165 Å². The second-order valence-electron chi connectivity index (χ2n) is 21.0. The Balaban J connectivity index is 1.25. The molecule has 0 radical (unpaired) electrons. The molecule has 6 rings (SSSR count). The summed E-state index contributed by atoms with van der Waals surface area (Å²) in [5.41, 5.74) is 1.39. The van der Waals surface area contributed by atoms with E-state index in [4.69, 9.17) is 0 Å². The SMILES string of the molecule is CC[C@@H]1NC(=O)[C@H](CCC(=O)O)NC(=O)CNC(=O)[C@H](C(C)C)NC(=O)[C@H](Cc2cnc[nH]2)NC(=O)[C@H](C2CC2)NC(=O)[C@H]2CCCN2C(=O)[C@@H](NC)CCCNC(=O)[C@H](CCc2ccccc2)NC(=O)[C@H](C2CC2)NC1=O. The number of rotatable bonds is 13. The van der Waals surface area contributed by atoms with Crippen molar-refractivity contribution in [1.82, 2.24) is 68.0 Å². The number of fused-ring (bicyclic) bond motifs is 1. The lowest BCUT2D eigenvalue weighted by molar-refractivity contribution is -0.141. The minimum absolute atomic E-state index is 0.0256. The average Bonchev–Trinajstić information content (AvgIpc) is 4.35. The van der Waals surface area contributed by atoms with Crippen molar-refractivity contribution in [3.05, 3.63) is 54.1 Å². The van der Waals surface area contributed by atoms with Crippen molar-refractivity contribution in [3.8, 4) is 0 Å². The summed E-state index contributed by atoms with van der Waals surface area (Å²) in [5.74, 6) is -9.09. The van der Waals surface area contributed by atoms with Crippen molar-refractivity contribution in [2.24, 2.45) is 17.8 Å². The van der Waals surface area contributed by atoms with E-state index in [1.165, 1.54) is 17.4 Å². The van der Waals surface area contributed by atoms with Crippen LogP contribution in [0.1, 0.15) is 109 Å². The monoisotopic (exact) mass is 1090 g/mol. The number of benzene rings is 1. The Morgan fingerprint density at radius 3 is 1.90 bits per heavy atom. The van der Waals surface area contributed by atoms with Crippen LogP contribution in [0.5, 0.6) is 0 Å². The van der Waals surface area contributed by atoms with Crippen LogP contribution in [0.3, 0.4) is 0 Å². The third-order valence-electron chi connectivity index (χ3n) is 14.6. The molecule has 2 saturated heterocycles. The van der Waals surface area contributed by atoms with Gasteiger partial charge in [-0.2, -0.15) is 0 Å². The molecule has 9 atom stereocenters. The number of carboxylic acids is 1. The fraction of sp³-hybridized carbons (Fsp3) is 0.623. The molecule has 1 aromatic carbocycles. The van der Waals surface area contributed by atoms with Gasteiger partial charge in [0.05, 0.1) is 18.9 Å². The standard InChI is InChI=1S/C53H77N13O12/c1-5-34-46(71)64-43(31-16-17-31)51(76)61-35(20-15-30-11-7-6-8-12-30)45(70)56-23-9-13-37(54-4)53(78)66-24-10-14-39(66)49(74)65-44(32-18-19-32)52(77)62-38(25-33-26-55-28-58-33)48(73)63-42(29(2)3)50(75)57-27-40(67)59-36(47(72)60-34)21-22-41(68)69/h6-8,11-12,26,28-29,31-32,34-39,42-44,54H,5,9-10,13-25,27H2,1-4H3,(H,55,58)(H,56,70)(H,57,75)(H,59,67)(H,60,72)(H,61,76)(H,62,77)(H,63,73)(H,64,71)(H,65,74)(H,68,69)/t34-,35-,36-,37-,38-,39+,42-,43-,44-/m0/s1. The van der Waals surface area contributed by atoms with Crippen molar-refractivity contribution < 1.29 is 57.8 Å². The van der Waals surface area contributed by atoms with Crippen LogP contribution in [0.2, 0.25) is 0 Å². The largest absolute Gasteiger partial charge is 0.481 e. The zero-order chi connectivity index (χ0) is 56.5. The number of hydrogen-bond donors (Lipinski definition) is 12. The first-order valence-corrected chi connectivity index (χ1v) is 27.2. The highest BCUT2D eigenvalue weighted by Gasteiger charge is 2.44. The number of carbonyl (C=O) groups is 11. The molecule has 1 aromatic heterocycles. The van der Waals surface area contributed by atoms with Crippen LogP contribution < -0.4 is 53.2 Å². The summed E-state index contributed by atoms with van der Waals surface area (Å²) in [6.45, 7) is 4.60. The molecule has 3 heterocycles. The Bertz CT molecular complexity index is 2450. The quantitative estimate of drug-likeness (QED) is 0.107. The number of aromatic nitrogens is 2. The number of H-pyrrole nitrogens is 1. The van der Waals surface area contributed by atoms with E-state index in [1.807, 2.05) is 30.3 Å². The van der Waals surface area contributed by atoms with E-state index in [1.54, 1.807) is 27.8 Å². The number of aromatic amines is 1. The highest BCUT2D eigenvalue weighted by molar-refractivity contribution is 5.98. The van der Waals surface area contributed by atoms with Crippen LogP contribution in [-0.4, -0.2) is 166 Å². The molecular formula is C53H77N13O12. The number of likely N-dealkylation sites (N-methyl/N-ethyl adjacent to an activating group) is 1. The van der Waals surface area contributed by atoms with Crippen molar-refractivity contribution in [1.29, 1.82) is 0 Å². The third-order valence-corrected chi connectivity index (χ3v) is 14.6. The summed E-state index contributed by atoms with van der Waals surface area (Å²) in [7, 11) is 1.62. The van der Waals surface area contributed by atoms with Gasteiger partial charge in [0.15, 0.2) is 0 Å². The van der Waals surface area contributed by atoms with Crippen molar-refractivity contribution in [2.75, 3.05) is 26.7 Å².